The van der Waals surface area contributed by atoms with Crippen LogP contribution in [0.15, 0.2) is 54.6 Å². The topological polar surface area (TPSA) is 67.2 Å². The largest absolute Gasteiger partial charge is 0.352 e. The summed E-state index contributed by atoms with van der Waals surface area (Å²) in [4.78, 5) is 26.7. The van der Waals surface area contributed by atoms with Gasteiger partial charge in [0.25, 0.3) is 5.91 Å². The highest BCUT2D eigenvalue weighted by molar-refractivity contribution is 5.95. The van der Waals surface area contributed by atoms with Crippen LogP contribution in [-0.4, -0.2) is 56.7 Å². The summed E-state index contributed by atoms with van der Waals surface area (Å²) in [6.45, 7) is 6.44. The number of rotatable bonds is 5. The van der Waals surface area contributed by atoms with Gasteiger partial charge in [0.1, 0.15) is 17.5 Å². The molecule has 2 aromatic carbocycles. The molecule has 174 valence electrons. The molecule has 5 rings (SSSR count). The van der Waals surface area contributed by atoms with Gasteiger partial charge >= 0.3 is 0 Å². The number of aromatic nitrogens is 4. The Morgan fingerprint density at radius 2 is 1.76 bits per heavy atom. The van der Waals surface area contributed by atoms with Gasteiger partial charge in [-0.05, 0) is 43.7 Å². The van der Waals surface area contributed by atoms with Crippen molar-refractivity contribution in [3.05, 3.63) is 77.5 Å². The van der Waals surface area contributed by atoms with Gasteiger partial charge in [-0.15, -0.1) is 0 Å². The monoisotopic (exact) mass is 458 g/mol. The molecular formula is C26H27FN6O. The van der Waals surface area contributed by atoms with E-state index in [1.54, 1.807) is 17.0 Å². The first-order valence-corrected chi connectivity index (χ1v) is 11.7. The fraction of sp³-hybridized carbons (Fsp3) is 0.308. The molecule has 0 radical (unpaired) electrons. The maximum Gasteiger partial charge on any atom is 0.254 e. The van der Waals surface area contributed by atoms with Gasteiger partial charge in [0.05, 0.1) is 16.8 Å². The lowest BCUT2D eigenvalue weighted by atomic mass is 10.1. The lowest BCUT2D eigenvalue weighted by Crippen LogP contribution is -2.49. The summed E-state index contributed by atoms with van der Waals surface area (Å²) in [7, 11) is 0. The summed E-state index contributed by atoms with van der Waals surface area (Å²) >= 11 is 0. The van der Waals surface area contributed by atoms with Crippen LogP contribution in [0.3, 0.4) is 0 Å². The molecule has 8 heteroatoms. The van der Waals surface area contributed by atoms with E-state index in [-0.39, 0.29) is 5.91 Å². The van der Waals surface area contributed by atoms with Gasteiger partial charge in [-0.1, -0.05) is 31.2 Å². The van der Waals surface area contributed by atoms with Crippen molar-refractivity contribution in [2.45, 2.75) is 26.7 Å². The van der Waals surface area contributed by atoms with Crippen molar-refractivity contribution in [2.24, 2.45) is 0 Å². The van der Waals surface area contributed by atoms with Crippen molar-refractivity contribution >= 4 is 22.8 Å². The number of nitrogens with zero attached hydrogens (tertiary/aromatic N) is 6. The number of carbonyl (C=O) groups excluding carboxylic acids is 1. The maximum absolute atomic E-state index is 13.6. The molecule has 3 heterocycles. The Morgan fingerprint density at radius 3 is 2.47 bits per heavy atom. The fourth-order valence-electron chi connectivity index (χ4n) is 4.44. The highest BCUT2D eigenvalue weighted by atomic mass is 19.1. The van der Waals surface area contributed by atoms with Crippen molar-refractivity contribution in [1.82, 2.24) is 24.6 Å². The molecule has 1 fully saturated rings. The van der Waals surface area contributed by atoms with E-state index in [2.05, 4.69) is 11.8 Å². The number of carbonyl (C=O) groups is 1. The Balaban J connectivity index is 1.47. The van der Waals surface area contributed by atoms with Crippen LogP contribution in [-0.2, 0) is 6.42 Å². The summed E-state index contributed by atoms with van der Waals surface area (Å²) in [5.74, 6) is 1.11. The normalized spacial score (nSPS) is 14.1. The number of halogens is 1. The lowest BCUT2D eigenvalue weighted by Gasteiger charge is -2.35. The van der Waals surface area contributed by atoms with Crippen molar-refractivity contribution < 1.29 is 9.18 Å². The van der Waals surface area contributed by atoms with E-state index in [4.69, 9.17) is 15.1 Å². The molecule has 0 N–H and O–H groups in total. The molecule has 7 nitrogen and oxygen atoms in total. The fourth-order valence-corrected chi connectivity index (χ4v) is 4.44. The van der Waals surface area contributed by atoms with E-state index >= 15 is 0 Å². The predicted molar refractivity (Wildman–Crippen MR) is 130 cm³/mol. The van der Waals surface area contributed by atoms with Crippen LogP contribution < -0.4 is 4.90 Å². The smallest absolute Gasteiger partial charge is 0.254 e. The number of hydrogen-bond donors (Lipinski definition) is 0. The van der Waals surface area contributed by atoms with Gasteiger partial charge in [-0.3, -0.25) is 4.79 Å². The highest BCUT2D eigenvalue weighted by Crippen LogP contribution is 2.30. The van der Waals surface area contributed by atoms with E-state index in [9.17, 15) is 9.18 Å². The summed E-state index contributed by atoms with van der Waals surface area (Å²) in [5.41, 5.74) is 3.01. The van der Waals surface area contributed by atoms with Gasteiger partial charge in [0.2, 0.25) is 0 Å². The third kappa shape index (κ3) is 4.11. The third-order valence-corrected chi connectivity index (χ3v) is 6.14. The Labute approximate surface area is 197 Å². The second kappa shape index (κ2) is 9.21. The van der Waals surface area contributed by atoms with E-state index in [0.717, 1.165) is 46.9 Å². The third-order valence-electron chi connectivity index (χ3n) is 6.14. The summed E-state index contributed by atoms with van der Waals surface area (Å²) in [6.07, 6.45) is 1.72. The van der Waals surface area contributed by atoms with E-state index in [1.807, 2.05) is 41.9 Å². The standard InChI is InChI=1S/C26H27FN6O/c1-3-8-22-28-24(23-18(2)30-33(25(23)29-22)21-11-5-4-6-12-21)31-13-15-32(16-14-31)26(34)19-9-7-10-20(27)17-19/h4-7,9-12,17H,3,8,13-16H2,1-2H3. The average molecular weight is 459 g/mol. The zero-order valence-electron chi connectivity index (χ0n) is 19.4. The number of amides is 1. The summed E-state index contributed by atoms with van der Waals surface area (Å²) < 4.78 is 15.5. The molecule has 34 heavy (non-hydrogen) atoms. The molecule has 0 atom stereocenters. The number of para-hydroxylation sites is 1. The number of anilines is 1. The van der Waals surface area contributed by atoms with E-state index < -0.39 is 5.82 Å². The maximum atomic E-state index is 13.6. The second-order valence-corrected chi connectivity index (χ2v) is 8.53. The van der Waals surface area contributed by atoms with Crippen LogP contribution in [0.4, 0.5) is 10.2 Å². The molecule has 0 aliphatic carbocycles. The molecule has 1 aliphatic heterocycles. The van der Waals surface area contributed by atoms with Crippen LogP contribution in [0.25, 0.3) is 16.7 Å². The summed E-state index contributed by atoms with van der Waals surface area (Å²) in [6, 6.07) is 15.9. The van der Waals surface area contributed by atoms with Crippen molar-refractivity contribution in [1.29, 1.82) is 0 Å². The first-order chi connectivity index (χ1) is 16.5. The predicted octanol–water partition coefficient (Wildman–Crippen LogP) is 4.18. The van der Waals surface area contributed by atoms with Crippen LogP contribution in [0.5, 0.6) is 0 Å². The first-order valence-electron chi connectivity index (χ1n) is 11.7. The Morgan fingerprint density at radius 1 is 1.00 bits per heavy atom. The average Bonchev–Trinajstić information content (AvgIpc) is 3.20. The molecule has 1 saturated heterocycles. The Kier molecular flexibility index (Phi) is 5.96. The summed E-state index contributed by atoms with van der Waals surface area (Å²) in [5, 5.41) is 5.73. The second-order valence-electron chi connectivity index (χ2n) is 8.53. The molecule has 0 bridgehead atoms. The Bertz CT molecular complexity index is 1330. The number of aryl methyl sites for hydroxylation is 2. The molecule has 0 spiro atoms. The molecule has 4 aromatic rings. The SMILES string of the molecule is CCCc1nc(N2CCN(C(=O)c3cccc(F)c3)CC2)c2c(C)nn(-c3ccccc3)c2n1. The minimum Gasteiger partial charge on any atom is -0.352 e. The van der Waals surface area contributed by atoms with Crippen LogP contribution in [0.2, 0.25) is 0 Å². The minimum atomic E-state index is -0.401. The highest BCUT2D eigenvalue weighted by Gasteiger charge is 2.27. The quantitative estimate of drug-likeness (QED) is 0.449. The van der Waals surface area contributed by atoms with Gasteiger partial charge in [0, 0.05) is 38.2 Å². The molecule has 0 saturated carbocycles. The van der Waals surface area contributed by atoms with E-state index in [0.29, 0.717) is 31.7 Å². The van der Waals surface area contributed by atoms with Crippen molar-refractivity contribution in [3.63, 3.8) is 0 Å². The molecule has 1 amide bonds. The zero-order chi connectivity index (χ0) is 23.7. The number of hydrogen-bond acceptors (Lipinski definition) is 5. The Hall–Kier alpha value is -3.81. The van der Waals surface area contributed by atoms with Crippen molar-refractivity contribution in [2.75, 3.05) is 31.1 Å². The molecule has 2 aromatic heterocycles. The van der Waals surface area contributed by atoms with Gasteiger partial charge < -0.3 is 9.80 Å². The molecular weight excluding hydrogens is 431 g/mol. The van der Waals surface area contributed by atoms with Gasteiger partial charge in [-0.2, -0.15) is 5.10 Å². The van der Waals surface area contributed by atoms with E-state index in [1.165, 1.54) is 12.1 Å². The van der Waals surface area contributed by atoms with Crippen LogP contribution in [0.1, 0.15) is 35.2 Å². The number of fused-ring (bicyclic) bond motifs is 1. The lowest BCUT2D eigenvalue weighted by molar-refractivity contribution is 0.0746. The van der Waals surface area contributed by atoms with Crippen LogP contribution in [0, 0.1) is 12.7 Å². The van der Waals surface area contributed by atoms with Crippen LogP contribution >= 0.6 is 0 Å². The van der Waals surface area contributed by atoms with Gasteiger partial charge in [-0.25, -0.2) is 19.0 Å². The number of piperazine rings is 1. The van der Waals surface area contributed by atoms with Gasteiger partial charge in [0.15, 0.2) is 5.65 Å². The minimum absolute atomic E-state index is 0.147. The first kappa shape index (κ1) is 22.0. The molecule has 0 unspecified atom stereocenters. The number of benzene rings is 2. The van der Waals surface area contributed by atoms with Crippen molar-refractivity contribution in [3.8, 4) is 5.69 Å². The zero-order valence-corrected chi connectivity index (χ0v) is 19.4. The molecule has 1 aliphatic rings.